The first-order valence-corrected chi connectivity index (χ1v) is 6.82. The fourth-order valence-corrected chi connectivity index (χ4v) is 1.99. The van der Waals surface area contributed by atoms with Crippen LogP contribution in [-0.4, -0.2) is 21.3 Å². The summed E-state index contributed by atoms with van der Waals surface area (Å²) in [4.78, 5) is 17.9. The quantitative estimate of drug-likeness (QED) is 0.617. The lowest BCUT2D eigenvalue weighted by atomic mass is 10.1. The van der Waals surface area contributed by atoms with Crippen LogP contribution in [0.2, 0.25) is 0 Å². The smallest absolute Gasteiger partial charge is 0.266 e. The van der Waals surface area contributed by atoms with E-state index in [1.807, 2.05) is 22.6 Å². The molecule has 6 heteroatoms. The van der Waals surface area contributed by atoms with Gasteiger partial charge in [-0.25, -0.2) is 4.98 Å². The Balaban J connectivity index is 2.81. The number of halogens is 2. The van der Waals surface area contributed by atoms with Gasteiger partial charge in [0.2, 0.25) is 0 Å². The van der Waals surface area contributed by atoms with Gasteiger partial charge in [-0.15, -0.1) is 0 Å². The van der Waals surface area contributed by atoms with Crippen molar-refractivity contribution in [2.45, 2.75) is 19.9 Å². The molecular formula is C9H13BrIN3O. The maximum Gasteiger partial charge on any atom is 0.266 e. The van der Waals surface area contributed by atoms with Crippen molar-refractivity contribution in [2.75, 3.05) is 10.6 Å². The third kappa shape index (κ3) is 3.44. The molecule has 0 bridgehead atoms. The normalized spacial score (nSPS) is 14.7. The second-order valence-corrected chi connectivity index (χ2v) is 5.19. The third-order valence-corrected chi connectivity index (χ3v) is 4.28. The molecular weight excluding hydrogens is 373 g/mol. The number of aromatic amines is 1. The minimum absolute atomic E-state index is 0.105. The summed E-state index contributed by atoms with van der Waals surface area (Å²) in [6.45, 7) is 4.21. The van der Waals surface area contributed by atoms with E-state index in [9.17, 15) is 4.79 Å². The molecule has 1 aromatic rings. The van der Waals surface area contributed by atoms with Crippen LogP contribution >= 0.6 is 38.5 Å². The van der Waals surface area contributed by atoms with E-state index in [1.165, 1.54) is 6.33 Å². The molecule has 0 aliphatic carbocycles. The Morgan fingerprint density at radius 3 is 2.93 bits per heavy atom. The predicted molar refractivity (Wildman–Crippen MR) is 73.6 cm³/mol. The lowest BCUT2D eigenvalue weighted by Crippen LogP contribution is -2.27. The zero-order valence-corrected chi connectivity index (χ0v) is 12.3. The maximum atomic E-state index is 11.3. The Hall–Kier alpha value is -0.110. The molecule has 1 heterocycles. The van der Waals surface area contributed by atoms with Crippen LogP contribution in [0, 0.1) is 9.49 Å². The molecule has 0 saturated heterocycles. The number of rotatable bonds is 4. The highest BCUT2D eigenvalue weighted by atomic mass is 127. The Kier molecular flexibility index (Phi) is 5.04. The molecule has 0 aliphatic heterocycles. The number of alkyl halides is 1. The minimum atomic E-state index is -0.105. The van der Waals surface area contributed by atoms with Crippen LogP contribution in [0.3, 0.4) is 0 Å². The van der Waals surface area contributed by atoms with Crippen LogP contribution < -0.4 is 10.9 Å². The van der Waals surface area contributed by atoms with Gasteiger partial charge in [-0.1, -0.05) is 22.9 Å². The van der Waals surface area contributed by atoms with Gasteiger partial charge in [0.15, 0.2) is 0 Å². The van der Waals surface area contributed by atoms with E-state index in [0.717, 1.165) is 5.33 Å². The number of hydrogen-bond donors (Lipinski definition) is 2. The fourth-order valence-electron chi connectivity index (χ4n) is 0.975. The van der Waals surface area contributed by atoms with Crippen LogP contribution in [0.5, 0.6) is 0 Å². The molecule has 0 aromatic carbocycles. The largest absolute Gasteiger partial charge is 0.366 e. The monoisotopic (exact) mass is 385 g/mol. The summed E-state index contributed by atoms with van der Waals surface area (Å²) in [6.07, 6.45) is 1.42. The van der Waals surface area contributed by atoms with Gasteiger partial charge in [0, 0.05) is 11.4 Å². The van der Waals surface area contributed by atoms with Crippen molar-refractivity contribution in [3.63, 3.8) is 0 Å². The SMILES string of the molecule is CC(CBr)C(C)Nc1nc[nH]c(=O)c1I. The molecule has 0 aliphatic rings. The molecule has 1 rings (SSSR count). The van der Waals surface area contributed by atoms with Gasteiger partial charge >= 0.3 is 0 Å². The topological polar surface area (TPSA) is 57.8 Å². The van der Waals surface area contributed by atoms with Crippen molar-refractivity contribution in [1.29, 1.82) is 0 Å². The van der Waals surface area contributed by atoms with E-state index in [4.69, 9.17) is 0 Å². The van der Waals surface area contributed by atoms with Crippen molar-refractivity contribution in [3.8, 4) is 0 Å². The summed E-state index contributed by atoms with van der Waals surface area (Å²) in [7, 11) is 0. The molecule has 84 valence electrons. The molecule has 2 N–H and O–H groups in total. The minimum Gasteiger partial charge on any atom is -0.366 e. The summed E-state index contributed by atoms with van der Waals surface area (Å²) in [6, 6.07) is 0.271. The lowest BCUT2D eigenvalue weighted by Gasteiger charge is -2.20. The van der Waals surface area contributed by atoms with Gasteiger partial charge in [0.25, 0.3) is 5.56 Å². The van der Waals surface area contributed by atoms with Crippen molar-refractivity contribution >= 4 is 44.3 Å². The summed E-state index contributed by atoms with van der Waals surface area (Å²) in [5.74, 6) is 1.13. The van der Waals surface area contributed by atoms with E-state index in [2.05, 4.69) is 45.1 Å². The molecule has 0 radical (unpaired) electrons. The van der Waals surface area contributed by atoms with Gasteiger partial charge in [-0.2, -0.15) is 0 Å². The number of anilines is 1. The predicted octanol–water partition coefficient (Wildman–Crippen LogP) is 2.21. The van der Waals surface area contributed by atoms with Crippen LogP contribution in [0.15, 0.2) is 11.1 Å². The van der Waals surface area contributed by atoms with Crippen molar-refractivity contribution < 1.29 is 0 Å². The molecule has 0 saturated carbocycles. The van der Waals surface area contributed by atoms with Gasteiger partial charge < -0.3 is 10.3 Å². The molecule has 0 amide bonds. The van der Waals surface area contributed by atoms with Crippen molar-refractivity contribution in [1.82, 2.24) is 9.97 Å². The summed E-state index contributed by atoms with van der Waals surface area (Å²) in [5, 5.41) is 4.15. The summed E-state index contributed by atoms with van der Waals surface area (Å²) in [5.41, 5.74) is -0.105. The van der Waals surface area contributed by atoms with Crippen LogP contribution in [0.4, 0.5) is 5.82 Å². The zero-order chi connectivity index (χ0) is 11.4. The number of nitrogens with zero attached hydrogens (tertiary/aromatic N) is 1. The zero-order valence-electron chi connectivity index (χ0n) is 8.55. The summed E-state index contributed by atoms with van der Waals surface area (Å²) >= 11 is 5.42. The molecule has 4 nitrogen and oxygen atoms in total. The Morgan fingerprint density at radius 1 is 1.67 bits per heavy atom. The van der Waals surface area contributed by atoms with Gasteiger partial charge in [0.05, 0.1) is 6.33 Å². The number of aromatic nitrogens is 2. The van der Waals surface area contributed by atoms with E-state index in [0.29, 0.717) is 15.3 Å². The van der Waals surface area contributed by atoms with Crippen LogP contribution in [-0.2, 0) is 0 Å². The molecule has 0 spiro atoms. The highest BCUT2D eigenvalue weighted by Gasteiger charge is 2.13. The van der Waals surface area contributed by atoms with E-state index in [-0.39, 0.29) is 11.6 Å². The fraction of sp³-hybridized carbons (Fsp3) is 0.556. The number of nitrogens with one attached hydrogen (secondary N) is 2. The van der Waals surface area contributed by atoms with E-state index >= 15 is 0 Å². The third-order valence-electron chi connectivity index (χ3n) is 2.26. The first-order valence-electron chi connectivity index (χ1n) is 4.62. The molecule has 15 heavy (non-hydrogen) atoms. The molecule has 2 atom stereocenters. The first kappa shape index (κ1) is 13.0. The Morgan fingerprint density at radius 2 is 2.33 bits per heavy atom. The lowest BCUT2D eigenvalue weighted by molar-refractivity contribution is 0.570. The summed E-state index contributed by atoms with van der Waals surface area (Å²) < 4.78 is 0.601. The molecule has 2 unspecified atom stereocenters. The average molecular weight is 386 g/mol. The highest BCUT2D eigenvalue weighted by Crippen LogP contribution is 2.14. The highest BCUT2D eigenvalue weighted by molar-refractivity contribution is 14.1. The van der Waals surface area contributed by atoms with Crippen molar-refractivity contribution in [3.05, 3.63) is 20.3 Å². The van der Waals surface area contributed by atoms with Crippen LogP contribution in [0.1, 0.15) is 13.8 Å². The van der Waals surface area contributed by atoms with Gasteiger partial charge in [-0.3, -0.25) is 4.79 Å². The van der Waals surface area contributed by atoms with Crippen molar-refractivity contribution in [2.24, 2.45) is 5.92 Å². The van der Waals surface area contributed by atoms with Gasteiger partial charge in [0.1, 0.15) is 9.39 Å². The van der Waals surface area contributed by atoms with E-state index < -0.39 is 0 Å². The average Bonchev–Trinajstić information content (AvgIpc) is 2.23. The standard InChI is InChI=1S/C9H13BrIN3O/c1-5(3-10)6(2)14-8-7(11)9(15)13-4-12-8/h4-6H,3H2,1-2H3,(H2,12,13,14,15). The Labute approximate surface area is 111 Å². The van der Waals surface area contributed by atoms with Gasteiger partial charge in [-0.05, 0) is 35.4 Å². The molecule has 1 aromatic heterocycles. The second-order valence-electron chi connectivity index (χ2n) is 3.46. The van der Waals surface area contributed by atoms with E-state index in [1.54, 1.807) is 0 Å². The Bertz CT molecular complexity index is 382. The molecule has 0 fully saturated rings. The van der Waals surface area contributed by atoms with Crippen LogP contribution in [0.25, 0.3) is 0 Å². The second kappa shape index (κ2) is 5.83. The maximum absolute atomic E-state index is 11.3. The number of hydrogen-bond acceptors (Lipinski definition) is 3. The number of H-pyrrole nitrogens is 1. The first-order chi connectivity index (χ1) is 7.06.